The van der Waals surface area contributed by atoms with Gasteiger partial charge in [-0.05, 0) is 25.3 Å². The maximum Gasteiger partial charge on any atom is 0.220 e. The first-order chi connectivity index (χ1) is 9.17. The third-order valence-corrected chi connectivity index (χ3v) is 3.26. The van der Waals surface area contributed by atoms with Gasteiger partial charge in [0.05, 0.1) is 12.7 Å². The Morgan fingerprint density at radius 3 is 2.53 bits per heavy atom. The summed E-state index contributed by atoms with van der Waals surface area (Å²) >= 11 is 0. The third-order valence-electron chi connectivity index (χ3n) is 3.26. The highest BCUT2D eigenvalue weighted by atomic mass is 16.5. The van der Waals surface area contributed by atoms with Crippen molar-refractivity contribution in [2.45, 2.75) is 45.1 Å². The zero-order valence-electron chi connectivity index (χ0n) is 12.6. The minimum absolute atomic E-state index is 0.0792. The smallest absolute Gasteiger partial charge is 0.220 e. The van der Waals surface area contributed by atoms with E-state index in [0.717, 1.165) is 25.7 Å². The average Bonchev–Trinajstić information content (AvgIpc) is 2.41. The zero-order valence-corrected chi connectivity index (χ0v) is 12.6. The highest BCUT2D eigenvalue weighted by Gasteiger charge is 2.12. The molecule has 0 saturated carbocycles. The van der Waals surface area contributed by atoms with Gasteiger partial charge in [-0.25, -0.2) is 0 Å². The van der Waals surface area contributed by atoms with E-state index in [1.54, 1.807) is 14.2 Å². The maximum absolute atomic E-state index is 11.7. The van der Waals surface area contributed by atoms with Crippen LogP contribution in [0.3, 0.4) is 0 Å². The second-order valence-corrected chi connectivity index (χ2v) is 4.89. The molecule has 0 heterocycles. The quantitative estimate of drug-likeness (QED) is 0.563. The first kappa shape index (κ1) is 18.4. The number of nitrogens with one attached hydrogen (secondary N) is 1. The first-order valence-corrected chi connectivity index (χ1v) is 7.16. The summed E-state index contributed by atoms with van der Waals surface area (Å²) in [4.78, 5) is 11.7. The molecule has 0 aliphatic heterocycles. The lowest BCUT2D eigenvalue weighted by atomic mass is 9.94. The molecule has 0 bridgehead atoms. The third kappa shape index (κ3) is 9.87. The summed E-state index contributed by atoms with van der Waals surface area (Å²) < 4.78 is 10.2. The highest BCUT2D eigenvalue weighted by Crippen LogP contribution is 2.16. The topological polar surface area (TPSA) is 73.6 Å². The van der Waals surface area contributed by atoms with Crippen LogP contribution >= 0.6 is 0 Å². The van der Waals surface area contributed by atoms with Crippen LogP contribution in [0.15, 0.2) is 0 Å². The van der Waals surface area contributed by atoms with E-state index >= 15 is 0 Å². The van der Waals surface area contributed by atoms with Gasteiger partial charge in [0, 0.05) is 27.2 Å². The lowest BCUT2D eigenvalue weighted by Crippen LogP contribution is -2.35. The van der Waals surface area contributed by atoms with Crippen LogP contribution in [0.5, 0.6) is 0 Å². The van der Waals surface area contributed by atoms with Crippen LogP contribution in [0.25, 0.3) is 0 Å². The summed E-state index contributed by atoms with van der Waals surface area (Å²) in [5.41, 5.74) is 5.58. The number of hydrogen-bond acceptors (Lipinski definition) is 4. The van der Waals surface area contributed by atoms with Crippen molar-refractivity contribution in [2.75, 3.05) is 33.9 Å². The summed E-state index contributed by atoms with van der Waals surface area (Å²) in [7, 11) is 3.24. The Balaban J connectivity index is 3.83. The van der Waals surface area contributed by atoms with Crippen LogP contribution in [-0.2, 0) is 14.3 Å². The second-order valence-electron chi connectivity index (χ2n) is 4.89. The summed E-state index contributed by atoms with van der Waals surface area (Å²) in [5.74, 6) is 0.647. The van der Waals surface area contributed by atoms with Crippen LogP contribution in [0.2, 0.25) is 0 Å². The molecule has 5 nitrogen and oxygen atoms in total. The Kier molecular flexibility index (Phi) is 12.0. The molecule has 0 aliphatic carbocycles. The van der Waals surface area contributed by atoms with Gasteiger partial charge in [-0.15, -0.1) is 0 Å². The van der Waals surface area contributed by atoms with Crippen molar-refractivity contribution in [3.05, 3.63) is 0 Å². The van der Waals surface area contributed by atoms with Crippen molar-refractivity contribution in [1.29, 1.82) is 0 Å². The SMILES string of the molecule is CCCC(CCN)CCC(=O)NCC(COC)OC. The molecule has 2 atom stereocenters. The lowest BCUT2D eigenvalue weighted by molar-refractivity contribution is -0.122. The van der Waals surface area contributed by atoms with Crippen molar-refractivity contribution >= 4 is 5.91 Å². The summed E-state index contributed by atoms with van der Waals surface area (Å²) in [6, 6.07) is 0. The predicted octanol–water partition coefficient (Wildman–Crippen LogP) is 1.31. The summed E-state index contributed by atoms with van der Waals surface area (Å²) in [5, 5.41) is 2.88. The van der Waals surface area contributed by atoms with Crippen LogP contribution in [-0.4, -0.2) is 45.9 Å². The fraction of sp³-hybridized carbons (Fsp3) is 0.929. The molecule has 3 N–H and O–H groups in total. The minimum Gasteiger partial charge on any atom is -0.382 e. The van der Waals surface area contributed by atoms with Crippen LogP contribution in [0.4, 0.5) is 0 Å². The molecular weight excluding hydrogens is 244 g/mol. The Hall–Kier alpha value is -0.650. The number of nitrogens with two attached hydrogens (primary N) is 1. The Morgan fingerprint density at radius 1 is 1.26 bits per heavy atom. The molecule has 2 unspecified atom stereocenters. The van der Waals surface area contributed by atoms with Crippen molar-refractivity contribution in [3.63, 3.8) is 0 Å². The molecule has 0 spiro atoms. The summed E-state index contributed by atoms with van der Waals surface area (Å²) in [6.07, 6.45) is 4.70. The van der Waals surface area contributed by atoms with E-state index in [4.69, 9.17) is 15.2 Å². The molecule has 0 aromatic carbocycles. The molecule has 0 rings (SSSR count). The Bertz CT molecular complexity index is 219. The lowest BCUT2D eigenvalue weighted by Gasteiger charge is -2.17. The van der Waals surface area contributed by atoms with Gasteiger partial charge >= 0.3 is 0 Å². The molecule has 5 heteroatoms. The molecular formula is C14H30N2O3. The van der Waals surface area contributed by atoms with E-state index in [9.17, 15) is 4.79 Å². The van der Waals surface area contributed by atoms with E-state index in [2.05, 4.69) is 12.2 Å². The van der Waals surface area contributed by atoms with E-state index < -0.39 is 0 Å². The number of ether oxygens (including phenoxy) is 2. The minimum atomic E-state index is -0.0792. The highest BCUT2D eigenvalue weighted by molar-refractivity contribution is 5.75. The van der Waals surface area contributed by atoms with E-state index in [0.29, 0.717) is 32.0 Å². The fourth-order valence-electron chi connectivity index (χ4n) is 2.12. The molecule has 19 heavy (non-hydrogen) atoms. The van der Waals surface area contributed by atoms with E-state index in [1.807, 2.05) is 0 Å². The average molecular weight is 274 g/mol. The van der Waals surface area contributed by atoms with Crippen LogP contribution in [0.1, 0.15) is 39.0 Å². The van der Waals surface area contributed by atoms with Gasteiger partial charge in [0.15, 0.2) is 0 Å². The molecule has 0 aromatic rings. The van der Waals surface area contributed by atoms with Gasteiger partial charge in [-0.3, -0.25) is 4.79 Å². The zero-order chi connectivity index (χ0) is 14.5. The molecule has 0 saturated heterocycles. The predicted molar refractivity (Wildman–Crippen MR) is 77.0 cm³/mol. The number of methoxy groups -OCH3 is 2. The molecule has 0 fully saturated rings. The standard InChI is InChI=1S/C14H30N2O3/c1-4-5-12(8-9-15)6-7-14(17)16-10-13(19-3)11-18-2/h12-13H,4-11,15H2,1-3H3,(H,16,17). The molecule has 0 aliphatic rings. The molecule has 1 amide bonds. The van der Waals surface area contributed by atoms with Crippen LogP contribution in [0, 0.1) is 5.92 Å². The first-order valence-electron chi connectivity index (χ1n) is 7.16. The van der Waals surface area contributed by atoms with Gasteiger partial charge in [-0.2, -0.15) is 0 Å². The number of carbonyl (C=O) groups is 1. The molecule has 0 radical (unpaired) electrons. The van der Waals surface area contributed by atoms with Crippen molar-refractivity contribution < 1.29 is 14.3 Å². The van der Waals surface area contributed by atoms with Gasteiger partial charge in [0.2, 0.25) is 5.91 Å². The Morgan fingerprint density at radius 2 is 2.00 bits per heavy atom. The van der Waals surface area contributed by atoms with E-state index in [-0.39, 0.29) is 12.0 Å². The Labute approximate surface area is 117 Å². The van der Waals surface area contributed by atoms with Gasteiger partial charge in [0.25, 0.3) is 0 Å². The molecule has 0 aromatic heterocycles. The fourth-order valence-corrected chi connectivity index (χ4v) is 2.12. The van der Waals surface area contributed by atoms with E-state index in [1.165, 1.54) is 0 Å². The number of carbonyl (C=O) groups excluding carboxylic acids is 1. The second kappa shape index (κ2) is 12.4. The normalized spacial score (nSPS) is 14.1. The monoisotopic (exact) mass is 274 g/mol. The van der Waals surface area contributed by atoms with Gasteiger partial charge < -0.3 is 20.5 Å². The number of hydrogen-bond donors (Lipinski definition) is 2. The molecule has 114 valence electrons. The van der Waals surface area contributed by atoms with Crippen molar-refractivity contribution in [3.8, 4) is 0 Å². The maximum atomic E-state index is 11.7. The number of amides is 1. The van der Waals surface area contributed by atoms with Crippen molar-refractivity contribution in [2.24, 2.45) is 11.7 Å². The van der Waals surface area contributed by atoms with Crippen molar-refractivity contribution in [1.82, 2.24) is 5.32 Å². The largest absolute Gasteiger partial charge is 0.382 e. The number of rotatable bonds is 12. The summed E-state index contributed by atoms with van der Waals surface area (Å²) in [6.45, 7) is 3.85. The van der Waals surface area contributed by atoms with Gasteiger partial charge in [-0.1, -0.05) is 19.8 Å². The van der Waals surface area contributed by atoms with Gasteiger partial charge in [0.1, 0.15) is 0 Å². The van der Waals surface area contributed by atoms with Crippen LogP contribution < -0.4 is 11.1 Å².